The van der Waals surface area contributed by atoms with Crippen molar-refractivity contribution in [2.45, 2.75) is 10.6 Å². The lowest BCUT2D eigenvalue weighted by Gasteiger charge is -2.38. The molecule has 1 N–H and O–H groups in total. The van der Waals surface area contributed by atoms with Gasteiger partial charge in [-0.1, -0.05) is 46.1 Å². The Labute approximate surface area is 178 Å². The van der Waals surface area contributed by atoms with Crippen LogP contribution in [0.25, 0.3) is 0 Å². The Morgan fingerprint density at radius 3 is 2.44 bits per heavy atom. The maximum Gasteiger partial charge on any atom is 0.301 e. The molecule has 3 rings (SSSR count). The number of halogens is 2. The predicted octanol–water partition coefficient (Wildman–Crippen LogP) is 0.742. The standard InChI is InChI=1S/C17H19ClN3O3S2.BrH/c1-21(2)12-25-11-17(21,22)13-8-9-15(18)16(10-13)26(23,24)20-19-14-6-4-3-5-7-14;/h3-10,22H,11-12H2,1-2H3;1H/q+1;/p-1. The van der Waals surface area contributed by atoms with Gasteiger partial charge in [0.25, 0.3) is 0 Å². The third kappa shape index (κ3) is 4.38. The van der Waals surface area contributed by atoms with Crippen LogP contribution >= 0.6 is 23.4 Å². The Morgan fingerprint density at radius 1 is 1.19 bits per heavy atom. The lowest BCUT2D eigenvalue weighted by molar-refractivity contribution is -0.957. The van der Waals surface area contributed by atoms with Crippen molar-refractivity contribution in [1.29, 1.82) is 0 Å². The number of nitrogens with zero attached hydrogens (tertiary/aromatic N) is 3. The van der Waals surface area contributed by atoms with Gasteiger partial charge in [-0.25, -0.2) is 0 Å². The first-order chi connectivity index (χ1) is 12.2. The van der Waals surface area contributed by atoms with E-state index >= 15 is 0 Å². The van der Waals surface area contributed by atoms with Crippen LogP contribution in [0.5, 0.6) is 0 Å². The van der Waals surface area contributed by atoms with Gasteiger partial charge in [-0.05, 0) is 30.3 Å². The summed E-state index contributed by atoms with van der Waals surface area (Å²) < 4.78 is 29.1. The number of sulfonamides is 1. The van der Waals surface area contributed by atoms with Crippen molar-refractivity contribution in [2.24, 2.45) is 9.63 Å². The molecule has 1 aliphatic heterocycles. The average Bonchev–Trinajstić information content (AvgIpc) is 2.88. The smallest absolute Gasteiger partial charge is 0.301 e. The van der Waals surface area contributed by atoms with E-state index in [-0.39, 0.29) is 26.9 Å². The molecule has 6 nitrogen and oxygen atoms in total. The second kappa shape index (κ2) is 8.18. The fourth-order valence-corrected chi connectivity index (χ4v) is 5.57. The van der Waals surface area contributed by atoms with Crippen molar-refractivity contribution in [2.75, 3.05) is 25.7 Å². The molecule has 1 aliphatic rings. The molecule has 1 saturated heterocycles. The molecule has 1 heterocycles. The topological polar surface area (TPSA) is 79.1 Å². The SMILES string of the molecule is C[N+]1(C)CSCC1(O)c1ccc(Cl)c(S(=O)(=O)N=Nc2ccccc2)c1.[Br-]. The summed E-state index contributed by atoms with van der Waals surface area (Å²) in [7, 11) is -0.302. The molecule has 10 heteroatoms. The van der Waals surface area contributed by atoms with E-state index in [1.807, 2.05) is 14.1 Å². The average molecular weight is 493 g/mol. The molecule has 1 unspecified atom stereocenters. The van der Waals surface area contributed by atoms with Crippen LogP contribution in [0.4, 0.5) is 5.69 Å². The first kappa shape index (κ1) is 22.3. The molecule has 1 atom stereocenters. The Morgan fingerprint density at radius 2 is 1.85 bits per heavy atom. The van der Waals surface area contributed by atoms with Gasteiger partial charge in [0.1, 0.15) is 10.8 Å². The van der Waals surface area contributed by atoms with Gasteiger partial charge in [-0.3, -0.25) is 4.48 Å². The quantitative estimate of drug-likeness (QED) is 0.504. The summed E-state index contributed by atoms with van der Waals surface area (Å²) in [5.41, 5.74) is -0.284. The summed E-state index contributed by atoms with van der Waals surface area (Å²) in [5.74, 6) is 1.18. The number of thioether (sulfide) groups is 1. The Kier molecular flexibility index (Phi) is 6.76. The minimum Gasteiger partial charge on any atom is -1.00 e. The zero-order valence-corrected chi connectivity index (χ0v) is 18.7. The van der Waals surface area contributed by atoms with Crippen LogP contribution in [-0.2, 0) is 15.7 Å². The van der Waals surface area contributed by atoms with Gasteiger partial charge in [0.2, 0.25) is 5.72 Å². The molecule has 1 fully saturated rings. The van der Waals surface area contributed by atoms with Crippen molar-refractivity contribution in [1.82, 2.24) is 0 Å². The molecule has 0 radical (unpaired) electrons. The maximum atomic E-state index is 12.6. The van der Waals surface area contributed by atoms with Gasteiger partial charge in [-0.15, -0.1) is 5.11 Å². The van der Waals surface area contributed by atoms with E-state index in [1.165, 1.54) is 12.1 Å². The summed E-state index contributed by atoms with van der Waals surface area (Å²) in [6.07, 6.45) is 0. The summed E-state index contributed by atoms with van der Waals surface area (Å²) in [4.78, 5) is -0.165. The van der Waals surface area contributed by atoms with E-state index < -0.39 is 15.7 Å². The van der Waals surface area contributed by atoms with Crippen LogP contribution in [-0.4, -0.2) is 43.7 Å². The summed E-state index contributed by atoms with van der Waals surface area (Å²) >= 11 is 7.72. The van der Waals surface area contributed by atoms with E-state index in [0.717, 1.165) is 5.88 Å². The van der Waals surface area contributed by atoms with E-state index in [0.29, 0.717) is 21.5 Å². The zero-order chi connectivity index (χ0) is 19.0. The molecule has 0 spiro atoms. The monoisotopic (exact) mass is 491 g/mol. The number of rotatable bonds is 4. The van der Waals surface area contributed by atoms with Crippen molar-refractivity contribution >= 4 is 39.1 Å². The molecule has 146 valence electrons. The number of benzene rings is 2. The molecular weight excluding hydrogens is 474 g/mol. The van der Waals surface area contributed by atoms with Crippen molar-refractivity contribution < 1.29 is 35.0 Å². The molecule has 27 heavy (non-hydrogen) atoms. The third-order valence-electron chi connectivity index (χ3n) is 4.41. The summed E-state index contributed by atoms with van der Waals surface area (Å²) in [5, 5.41) is 15.0. The number of hydrogen-bond donors (Lipinski definition) is 1. The van der Waals surface area contributed by atoms with Gasteiger partial charge in [0.05, 0.1) is 30.6 Å². The normalized spacial score (nSPS) is 21.9. The van der Waals surface area contributed by atoms with E-state index in [9.17, 15) is 13.5 Å². The Hall–Kier alpha value is -0.970. The van der Waals surface area contributed by atoms with Crippen molar-refractivity contribution in [3.8, 4) is 0 Å². The molecule has 0 bridgehead atoms. The van der Waals surface area contributed by atoms with Crippen LogP contribution in [0.1, 0.15) is 5.56 Å². The predicted molar refractivity (Wildman–Crippen MR) is 103 cm³/mol. The minimum atomic E-state index is -4.10. The molecule has 0 saturated carbocycles. The van der Waals surface area contributed by atoms with Crippen LogP contribution < -0.4 is 17.0 Å². The Balaban J connectivity index is 0.00000261. The minimum absolute atomic E-state index is 0. The highest BCUT2D eigenvalue weighted by molar-refractivity contribution is 7.99. The van der Waals surface area contributed by atoms with Crippen LogP contribution in [0, 0.1) is 0 Å². The van der Waals surface area contributed by atoms with Gasteiger partial charge in [-0.2, -0.15) is 8.42 Å². The maximum absolute atomic E-state index is 12.6. The van der Waals surface area contributed by atoms with Gasteiger partial charge in [0.15, 0.2) is 0 Å². The third-order valence-corrected chi connectivity index (χ3v) is 7.48. The first-order valence-electron chi connectivity index (χ1n) is 7.82. The number of quaternary nitrogens is 1. The molecule has 2 aromatic rings. The number of hydrogen-bond acceptors (Lipinski definition) is 5. The van der Waals surface area contributed by atoms with Crippen molar-refractivity contribution in [3.63, 3.8) is 0 Å². The second-order valence-electron chi connectivity index (χ2n) is 6.62. The molecule has 0 aliphatic carbocycles. The second-order valence-corrected chi connectivity index (χ2v) is 9.53. The molecule has 0 aromatic heterocycles. The van der Waals surface area contributed by atoms with E-state index in [2.05, 4.69) is 9.63 Å². The first-order valence-corrected chi connectivity index (χ1v) is 10.8. The lowest BCUT2D eigenvalue weighted by Crippen LogP contribution is -3.00. The lowest BCUT2D eigenvalue weighted by atomic mass is 10.0. The van der Waals surface area contributed by atoms with Gasteiger partial charge in [0, 0.05) is 5.56 Å². The van der Waals surface area contributed by atoms with Crippen LogP contribution in [0.3, 0.4) is 0 Å². The van der Waals surface area contributed by atoms with Gasteiger partial charge < -0.3 is 22.1 Å². The van der Waals surface area contributed by atoms with Crippen LogP contribution in [0.2, 0.25) is 5.02 Å². The van der Waals surface area contributed by atoms with Gasteiger partial charge >= 0.3 is 10.0 Å². The highest BCUT2D eigenvalue weighted by atomic mass is 79.9. The number of aliphatic hydroxyl groups is 1. The molecule has 0 amide bonds. The summed E-state index contributed by atoms with van der Waals surface area (Å²) in [6, 6.07) is 13.1. The molecular formula is C17H19BrClN3O3S2. The van der Waals surface area contributed by atoms with Crippen molar-refractivity contribution in [3.05, 3.63) is 59.1 Å². The zero-order valence-electron chi connectivity index (χ0n) is 14.7. The summed E-state index contributed by atoms with van der Waals surface area (Å²) in [6.45, 7) is 0. The van der Waals surface area contributed by atoms with Crippen LogP contribution in [0.15, 0.2) is 63.1 Å². The largest absolute Gasteiger partial charge is 1.00 e. The van der Waals surface area contributed by atoms with E-state index in [4.69, 9.17) is 11.6 Å². The highest BCUT2D eigenvalue weighted by Gasteiger charge is 2.51. The fourth-order valence-electron chi connectivity index (χ4n) is 2.72. The van der Waals surface area contributed by atoms with E-state index in [1.54, 1.807) is 48.2 Å². The Bertz CT molecular complexity index is 955. The molecule has 2 aromatic carbocycles. The fraction of sp³-hybridized carbons (Fsp3) is 0.294. The highest BCUT2D eigenvalue weighted by Crippen LogP contribution is 2.42.